The Hall–Kier alpha value is -3.24. The summed E-state index contributed by atoms with van der Waals surface area (Å²) in [5.74, 6) is 1.03. The molecule has 198 valence electrons. The van der Waals surface area contributed by atoms with Crippen molar-refractivity contribution in [1.29, 1.82) is 0 Å². The van der Waals surface area contributed by atoms with Crippen LogP contribution < -0.4 is 10.5 Å². The average Bonchev–Trinajstić information content (AvgIpc) is 3.36. The van der Waals surface area contributed by atoms with E-state index in [-0.39, 0.29) is 16.8 Å². The van der Waals surface area contributed by atoms with Gasteiger partial charge < -0.3 is 15.2 Å². The number of sulfonamides is 1. The number of pyridine rings is 1. The van der Waals surface area contributed by atoms with Gasteiger partial charge in [-0.1, -0.05) is 29.8 Å². The zero-order valence-corrected chi connectivity index (χ0v) is 22.2. The Labute approximate surface area is 227 Å². The van der Waals surface area contributed by atoms with Gasteiger partial charge in [0.05, 0.1) is 23.1 Å². The van der Waals surface area contributed by atoms with Gasteiger partial charge >= 0.3 is 0 Å². The Morgan fingerprint density at radius 3 is 2.71 bits per heavy atom. The number of aromatic nitrogens is 1. The number of carbonyl (C=O) groups is 1. The molecular weight excluding hydrogens is 526 g/mol. The van der Waals surface area contributed by atoms with Crippen molar-refractivity contribution in [3.05, 3.63) is 83.0 Å². The number of nitrogens with two attached hydrogens (primary N) is 1. The summed E-state index contributed by atoms with van der Waals surface area (Å²) in [6, 6.07) is 14.2. The molecule has 10 heteroatoms. The van der Waals surface area contributed by atoms with Crippen molar-refractivity contribution < 1.29 is 22.7 Å². The summed E-state index contributed by atoms with van der Waals surface area (Å²) in [5, 5.41) is 0.442. The van der Waals surface area contributed by atoms with E-state index in [0.717, 1.165) is 22.3 Å². The summed E-state index contributed by atoms with van der Waals surface area (Å²) in [6.07, 6.45) is 6.17. The molecule has 3 heterocycles. The van der Waals surface area contributed by atoms with E-state index in [1.165, 1.54) is 4.31 Å². The predicted octanol–water partition coefficient (Wildman–Crippen LogP) is 4.07. The maximum Gasteiger partial charge on any atom is 0.243 e. The van der Waals surface area contributed by atoms with Crippen molar-refractivity contribution in [3.8, 4) is 16.9 Å². The van der Waals surface area contributed by atoms with E-state index >= 15 is 0 Å². The largest absolute Gasteiger partial charge is 0.484 e. The highest BCUT2D eigenvalue weighted by Crippen LogP contribution is 2.40. The van der Waals surface area contributed by atoms with Gasteiger partial charge in [0.1, 0.15) is 17.7 Å². The lowest BCUT2D eigenvalue weighted by molar-refractivity contribution is -0.114. The number of hydrogen-bond acceptors (Lipinski definition) is 7. The first-order chi connectivity index (χ1) is 18.3. The summed E-state index contributed by atoms with van der Waals surface area (Å²) >= 11 is 6.56. The van der Waals surface area contributed by atoms with E-state index in [1.807, 2.05) is 18.2 Å². The first-order valence-corrected chi connectivity index (χ1v) is 14.2. The number of carbonyl (C=O) groups excluding carboxylic acids is 1. The van der Waals surface area contributed by atoms with Crippen molar-refractivity contribution in [2.24, 2.45) is 0 Å². The number of ketones is 1. The molecule has 0 saturated carbocycles. The summed E-state index contributed by atoms with van der Waals surface area (Å²) in [5.41, 5.74) is 9.00. The molecule has 1 fully saturated rings. The zero-order chi connectivity index (χ0) is 26.7. The molecule has 3 aromatic rings. The molecule has 2 N–H and O–H groups in total. The van der Waals surface area contributed by atoms with E-state index in [2.05, 4.69) is 4.98 Å². The molecule has 1 aromatic heterocycles. The van der Waals surface area contributed by atoms with Crippen molar-refractivity contribution in [2.45, 2.75) is 30.3 Å². The zero-order valence-electron chi connectivity index (χ0n) is 20.7. The minimum absolute atomic E-state index is 0.00791. The van der Waals surface area contributed by atoms with Crippen LogP contribution in [0.25, 0.3) is 11.1 Å². The highest BCUT2D eigenvalue weighted by Gasteiger charge is 2.28. The summed E-state index contributed by atoms with van der Waals surface area (Å²) in [7, 11) is -3.62. The standard InChI is InChI=1S/C28H28ClN3O5S/c29-26-17-21(20-2-1-3-25(16-20)38(34,35)32-10-12-36-13-11-32)14-22-15-24(37-28(22)26)8-7-23(33)6-4-19-5-9-27(30)31-18-19/h1-3,5,7-9,14,16-18,24H,4,6,10-13,15H2,(H2,30,31)/b8-7+. The minimum atomic E-state index is -3.62. The lowest BCUT2D eigenvalue weighted by atomic mass is 10.0. The van der Waals surface area contributed by atoms with Crippen LogP contribution in [-0.4, -0.2) is 55.9 Å². The third kappa shape index (κ3) is 5.91. The van der Waals surface area contributed by atoms with Crippen LogP contribution in [0.5, 0.6) is 5.75 Å². The minimum Gasteiger partial charge on any atom is -0.484 e. The van der Waals surface area contributed by atoms with E-state index in [4.69, 9.17) is 26.8 Å². The number of anilines is 1. The molecule has 2 aliphatic rings. The number of aryl methyl sites for hydroxylation is 1. The number of ether oxygens (including phenoxy) is 2. The lowest BCUT2D eigenvalue weighted by Gasteiger charge is -2.26. The summed E-state index contributed by atoms with van der Waals surface area (Å²) in [6.45, 7) is 1.45. The number of benzene rings is 2. The van der Waals surface area contributed by atoms with Gasteiger partial charge in [0.2, 0.25) is 10.0 Å². The van der Waals surface area contributed by atoms with Crippen molar-refractivity contribution >= 4 is 33.2 Å². The van der Waals surface area contributed by atoms with Gasteiger partial charge in [-0.25, -0.2) is 13.4 Å². The molecule has 2 aromatic carbocycles. The molecule has 0 bridgehead atoms. The van der Waals surface area contributed by atoms with Crippen molar-refractivity contribution in [2.75, 3.05) is 32.0 Å². The number of rotatable bonds is 8. The van der Waals surface area contributed by atoms with Crippen LogP contribution in [0.3, 0.4) is 0 Å². The molecule has 8 nitrogen and oxygen atoms in total. The van der Waals surface area contributed by atoms with Gasteiger partial charge in [-0.2, -0.15) is 4.31 Å². The van der Waals surface area contributed by atoms with Crippen LogP contribution >= 0.6 is 11.6 Å². The van der Waals surface area contributed by atoms with Gasteiger partial charge in [0.15, 0.2) is 5.78 Å². The second-order valence-electron chi connectivity index (χ2n) is 9.27. The Kier molecular flexibility index (Phi) is 7.80. The number of nitrogens with zero attached hydrogens (tertiary/aromatic N) is 2. The molecule has 1 atom stereocenters. The van der Waals surface area contributed by atoms with E-state index in [9.17, 15) is 13.2 Å². The Bertz CT molecular complexity index is 1470. The SMILES string of the molecule is Nc1ccc(CCC(=O)/C=C/C2Cc3cc(-c4cccc(S(=O)(=O)N5CCOCC5)c4)cc(Cl)c3O2)cn1. The van der Waals surface area contributed by atoms with Crippen LogP contribution in [0.15, 0.2) is 71.8 Å². The lowest BCUT2D eigenvalue weighted by Crippen LogP contribution is -2.40. The number of allylic oxidation sites excluding steroid dienone is 1. The molecule has 38 heavy (non-hydrogen) atoms. The van der Waals surface area contributed by atoms with Crippen molar-refractivity contribution in [1.82, 2.24) is 9.29 Å². The second kappa shape index (κ2) is 11.2. The Morgan fingerprint density at radius 2 is 1.95 bits per heavy atom. The fourth-order valence-electron chi connectivity index (χ4n) is 4.54. The van der Waals surface area contributed by atoms with Gasteiger partial charge in [-0.05, 0) is 65.6 Å². The Balaban J connectivity index is 1.27. The van der Waals surface area contributed by atoms with Crippen LogP contribution in [-0.2, 0) is 32.4 Å². The maximum atomic E-state index is 13.1. The molecule has 0 amide bonds. The van der Waals surface area contributed by atoms with E-state index in [0.29, 0.717) is 62.2 Å². The molecule has 1 saturated heterocycles. The van der Waals surface area contributed by atoms with E-state index in [1.54, 1.807) is 48.7 Å². The third-order valence-electron chi connectivity index (χ3n) is 6.59. The van der Waals surface area contributed by atoms with Crippen LogP contribution in [0.1, 0.15) is 17.5 Å². The molecule has 0 aliphatic carbocycles. The fourth-order valence-corrected chi connectivity index (χ4v) is 6.28. The monoisotopic (exact) mass is 553 g/mol. The second-order valence-corrected chi connectivity index (χ2v) is 11.6. The molecular formula is C28H28ClN3O5S. The third-order valence-corrected chi connectivity index (χ3v) is 8.77. The normalized spacial score (nSPS) is 17.9. The fraction of sp³-hybridized carbons (Fsp3) is 0.286. The van der Waals surface area contributed by atoms with E-state index < -0.39 is 10.0 Å². The van der Waals surface area contributed by atoms with Gasteiger partial charge in [0, 0.05) is 37.7 Å². The molecule has 1 unspecified atom stereocenters. The number of hydrogen-bond donors (Lipinski definition) is 1. The van der Waals surface area contributed by atoms with Crippen LogP contribution in [0.4, 0.5) is 5.82 Å². The number of nitrogen functional groups attached to an aromatic ring is 1. The molecule has 2 aliphatic heterocycles. The first-order valence-electron chi connectivity index (χ1n) is 12.4. The van der Waals surface area contributed by atoms with Crippen molar-refractivity contribution in [3.63, 3.8) is 0 Å². The summed E-state index contributed by atoms with van der Waals surface area (Å²) < 4.78 is 39.0. The highest BCUT2D eigenvalue weighted by atomic mass is 35.5. The van der Waals surface area contributed by atoms with Crippen LogP contribution in [0, 0.1) is 0 Å². The molecule has 5 rings (SSSR count). The average molecular weight is 554 g/mol. The van der Waals surface area contributed by atoms with Gasteiger partial charge in [0.25, 0.3) is 0 Å². The van der Waals surface area contributed by atoms with Crippen LogP contribution in [0.2, 0.25) is 5.02 Å². The smallest absolute Gasteiger partial charge is 0.243 e. The topological polar surface area (TPSA) is 112 Å². The highest BCUT2D eigenvalue weighted by molar-refractivity contribution is 7.89. The molecule has 0 spiro atoms. The number of morpholine rings is 1. The summed E-state index contributed by atoms with van der Waals surface area (Å²) in [4.78, 5) is 16.7. The van der Waals surface area contributed by atoms with Gasteiger partial charge in [-0.3, -0.25) is 4.79 Å². The van der Waals surface area contributed by atoms with Gasteiger partial charge in [-0.15, -0.1) is 0 Å². The maximum absolute atomic E-state index is 13.1. The molecule has 0 radical (unpaired) electrons. The predicted molar refractivity (Wildman–Crippen MR) is 146 cm³/mol. The number of halogens is 1. The quantitative estimate of drug-likeness (QED) is 0.418. The Morgan fingerprint density at radius 1 is 1.13 bits per heavy atom. The first kappa shape index (κ1) is 26.4. The number of fused-ring (bicyclic) bond motifs is 1.